The maximum absolute atomic E-state index is 12.4. The van der Waals surface area contributed by atoms with Gasteiger partial charge in [0.05, 0.1) is 6.54 Å². The van der Waals surface area contributed by atoms with Crippen molar-refractivity contribution >= 4 is 23.7 Å². The van der Waals surface area contributed by atoms with E-state index in [1.54, 1.807) is 0 Å². The Labute approximate surface area is 209 Å². The molecule has 1 unspecified atom stereocenters. The zero-order valence-corrected chi connectivity index (χ0v) is 19.8. The Morgan fingerprint density at radius 1 is 0.750 bits per heavy atom. The van der Waals surface area contributed by atoms with E-state index >= 15 is 0 Å². The molecule has 0 saturated heterocycles. The summed E-state index contributed by atoms with van der Waals surface area (Å²) in [6.07, 6.45) is 0.178. The van der Waals surface area contributed by atoms with Crippen LogP contribution in [0.15, 0.2) is 78.9 Å². The predicted octanol–water partition coefficient (Wildman–Crippen LogP) is 2.90. The molecule has 5 N–H and O–H groups in total. The van der Waals surface area contributed by atoms with Gasteiger partial charge in [0.25, 0.3) is 0 Å². The Bertz CT molecular complexity index is 1190. The lowest BCUT2D eigenvalue weighted by Gasteiger charge is -2.17. The molecule has 8 heteroatoms. The lowest BCUT2D eigenvalue weighted by Crippen LogP contribution is -2.48. The van der Waals surface area contributed by atoms with Crippen molar-refractivity contribution < 1.29 is 24.3 Å². The van der Waals surface area contributed by atoms with Gasteiger partial charge >= 0.3 is 5.97 Å². The number of carboxylic acid groups (broad SMARTS) is 1. The number of nitrogens with two attached hydrogens (primary N) is 1. The standard InChI is InChI=1S/C28H29N3O5/c29-25(32)18-30-28(36)24(15-17-27(34)35)31-26(33)16-8-19-6-9-21(10-7-19)23-13-11-22(12-14-23)20-4-2-1-3-5-20/h1-7,9-14,24H,8,15-18H2,(H2,29,32)(H,30,36)(H,31,33)(H,34,35). The van der Waals surface area contributed by atoms with E-state index in [4.69, 9.17) is 10.8 Å². The minimum Gasteiger partial charge on any atom is -0.481 e. The van der Waals surface area contributed by atoms with Gasteiger partial charge in [-0.2, -0.15) is 0 Å². The minimum absolute atomic E-state index is 0.0938. The third-order valence-corrected chi connectivity index (χ3v) is 5.66. The smallest absolute Gasteiger partial charge is 0.303 e. The van der Waals surface area contributed by atoms with Crippen LogP contribution in [0.5, 0.6) is 0 Å². The van der Waals surface area contributed by atoms with Crippen molar-refractivity contribution in [1.82, 2.24) is 10.6 Å². The average Bonchev–Trinajstić information content (AvgIpc) is 2.89. The van der Waals surface area contributed by atoms with Gasteiger partial charge in [0.15, 0.2) is 0 Å². The number of amides is 3. The Morgan fingerprint density at radius 3 is 1.81 bits per heavy atom. The number of carbonyl (C=O) groups excluding carboxylic acids is 3. The molecule has 8 nitrogen and oxygen atoms in total. The summed E-state index contributed by atoms with van der Waals surface area (Å²) in [7, 11) is 0. The number of carbonyl (C=O) groups is 4. The number of nitrogens with one attached hydrogen (secondary N) is 2. The number of aliphatic carboxylic acids is 1. The largest absolute Gasteiger partial charge is 0.481 e. The average molecular weight is 488 g/mol. The zero-order chi connectivity index (χ0) is 25.9. The van der Waals surface area contributed by atoms with Crippen molar-refractivity contribution in [3.8, 4) is 22.3 Å². The van der Waals surface area contributed by atoms with Gasteiger partial charge < -0.3 is 21.5 Å². The maximum Gasteiger partial charge on any atom is 0.303 e. The Balaban J connectivity index is 1.55. The van der Waals surface area contributed by atoms with Crippen LogP contribution in [0.1, 0.15) is 24.8 Å². The van der Waals surface area contributed by atoms with Crippen LogP contribution in [0.3, 0.4) is 0 Å². The van der Waals surface area contributed by atoms with Crippen LogP contribution in [0.25, 0.3) is 22.3 Å². The highest BCUT2D eigenvalue weighted by Crippen LogP contribution is 2.25. The molecule has 3 amide bonds. The summed E-state index contributed by atoms with van der Waals surface area (Å²) in [4.78, 5) is 46.4. The van der Waals surface area contributed by atoms with Gasteiger partial charge in [-0.1, -0.05) is 78.9 Å². The Hall–Kier alpha value is -4.46. The van der Waals surface area contributed by atoms with E-state index in [1.165, 1.54) is 0 Å². The summed E-state index contributed by atoms with van der Waals surface area (Å²) < 4.78 is 0. The molecular formula is C28H29N3O5. The highest BCUT2D eigenvalue weighted by molar-refractivity contribution is 5.90. The van der Waals surface area contributed by atoms with E-state index in [0.717, 1.165) is 27.8 Å². The third-order valence-electron chi connectivity index (χ3n) is 5.66. The zero-order valence-electron chi connectivity index (χ0n) is 19.8. The lowest BCUT2D eigenvalue weighted by molar-refractivity contribution is -0.138. The normalized spacial score (nSPS) is 11.3. The van der Waals surface area contributed by atoms with Crippen molar-refractivity contribution in [2.24, 2.45) is 5.73 Å². The van der Waals surface area contributed by atoms with Gasteiger partial charge in [0.2, 0.25) is 17.7 Å². The number of rotatable bonds is 12. The van der Waals surface area contributed by atoms with Crippen LogP contribution >= 0.6 is 0 Å². The summed E-state index contributed by atoms with van der Waals surface area (Å²) in [5.74, 6) is -2.86. The quantitative estimate of drug-likeness (QED) is 0.311. The van der Waals surface area contributed by atoms with Crippen LogP contribution in [-0.4, -0.2) is 41.4 Å². The maximum atomic E-state index is 12.4. The highest BCUT2D eigenvalue weighted by Gasteiger charge is 2.21. The molecule has 3 aromatic carbocycles. The van der Waals surface area contributed by atoms with E-state index in [1.807, 2.05) is 42.5 Å². The van der Waals surface area contributed by atoms with Gasteiger partial charge in [-0.25, -0.2) is 0 Å². The van der Waals surface area contributed by atoms with Crippen molar-refractivity contribution in [3.63, 3.8) is 0 Å². The van der Waals surface area contributed by atoms with E-state index < -0.39 is 23.8 Å². The molecule has 0 aliphatic carbocycles. The Morgan fingerprint density at radius 2 is 1.28 bits per heavy atom. The fourth-order valence-electron chi connectivity index (χ4n) is 3.71. The molecule has 3 rings (SSSR count). The fourth-order valence-corrected chi connectivity index (χ4v) is 3.71. The highest BCUT2D eigenvalue weighted by atomic mass is 16.4. The summed E-state index contributed by atoms with van der Waals surface area (Å²) in [5, 5.41) is 13.8. The molecule has 0 saturated carbocycles. The molecule has 186 valence electrons. The SMILES string of the molecule is NC(=O)CNC(=O)C(CCC(=O)O)NC(=O)CCc1ccc(-c2ccc(-c3ccccc3)cc2)cc1. The molecule has 0 radical (unpaired) electrons. The molecule has 0 heterocycles. The van der Waals surface area contributed by atoms with Gasteiger partial charge in [0.1, 0.15) is 6.04 Å². The van der Waals surface area contributed by atoms with E-state index in [-0.39, 0.29) is 31.7 Å². The van der Waals surface area contributed by atoms with Crippen LogP contribution < -0.4 is 16.4 Å². The monoisotopic (exact) mass is 487 g/mol. The second-order valence-electron chi connectivity index (χ2n) is 8.38. The van der Waals surface area contributed by atoms with Crippen molar-refractivity contribution in [3.05, 3.63) is 84.4 Å². The first-order chi connectivity index (χ1) is 17.3. The van der Waals surface area contributed by atoms with Crippen molar-refractivity contribution in [2.75, 3.05) is 6.54 Å². The molecule has 36 heavy (non-hydrogen) atoms. The number of benzene rings is 3. The first-order valence-corrected chi connectivity index (χ1v) is 11.6. The molecule has 0 aliphatic heterocycles. The number of hydrogen-bond acceptors (Lipinski definition) is 4. The second-order valence-corrected chi connectivity index (χ2v) is 8.38. The first-order valence-electron chi connectivity index (χ1n) is 11.6. The summed E-state index contributed by atoms with van der Waals surface area (Å²) >= 11 is 0. The fraction of sp³-hybridized carbons (Fsp3) is 0.214. The van der Waals surface area contributed by atoms with Crippen molar-refractivity contribution in [1.29, 1.82) is 0 Å². The molecule has 0 bridgehead atoms. The predicted molar refractivity (Wildman–Crippen MR) is 137 cm³/mol. The molecule has 0 aromatic heterocycles. The van der Waals surface area contributed by atoms with Gasteiger partial charge in [-0.05, 0) is 40.7 Å². The molecule has 0 aliphatic rings. The van der Waals surface area contributed by atoms with Crippen LogP contribution in [0.2, 0.25) is 0 Å². The topological polar surface area (TPSA) is 139 Å². The van der Waals surface area contributed by atoms with Crippen LogP contribution in [-0.2, 0) is 25.6 Å². The number of primary amides is 1. The van der Waals surface area contributed by atoms with Crippen LogP contribution in [0, 0.1) is 0 Å². The van der Waals surface area contributed by atoms with Crippen LogP contribution in [0.4, 0.5) is 0 Å². The van der Waals surface area contributed by atoms with Gasteiger partial charge in [-0.15, -0.1) is 0 Å². The third kappa shape index (κ3) is 8.09. The summed E-state index contributed by atoms with van der Waals surface area (Å²) in [6.45, 7) is -0.389. The molecular weight excluding hydrogens is 458 g/mol. The lowest BCUT2D eigenvalue weighted by atomic mass is 9.99. The van der Waals surface area contributed by atoms with E-state index in [2.05, 4.69) is 47.0 Å². The minimum atomic E-state index is -1.09. The first kappa shape index (κ1) is 26.2. The summed E-state index contributed by atoms with van der Waals surface area (Å²) in [6, 6.07) is 25.3. The molecule has 1 atom stereocenters. The van der Waals surface area contributed by atoms with E-state index in [9.17, 15) is 19.2 Å². The van der Waals surface area contributed by atoms with Crippen molar-refractivity contribution in [2.45, 2.75) is 31.7 Å². The van der Waals surface area contributed by atoms with Gasteiger partial charge in [-0.3, -0.25) is 19.2 Å². The second kappa shape index (κ2) is 12.9. The molecule has 0 fully saturated rings. The number of hydrogen-bond donors (Lipinski definition) is 4. The van der Waals surface area contributed by atoms with Gasteiger partial charge in [0, 0.05) is 12.8 Å². The van der Waals surface area contributed by atoms with E-state index in [0.29, 0.717) is 6.42 Å². The molecule has 0 spiro atoms. The number of carboxylic acids is 1. The number of aryl methyl sites for hydroxylation is 1. The molecule has 3 aromatic rings. The Kier molecular flexibility index (Phi) is 9.33. The summed E-state index contributed by atoms with van der Waals surface area (Å²) in [5.41, 5.74) is 10.4.